The van der Waals surface area contributed by atoms with Gasteiger partial charge in [0.05, 0.1) is 26.9 Å². The molecule has 0 bridgehead atoms. The number of hydrogen-bond acceptors (Lipinski definition) is 5. The third-order valence-electron chi connectivity index (χ3n) is 3.31. The van der Waals surface area contributed by atoms with Crippen LogP contribution >= 0.6 is 23.2 Å². The first-order chi connectivity index (χ1) is 12.0. The third-order valence-corrected chi connectivity index (χ3v) is 4.13. The van der Waals surface area contributed by atoms with Crippen LogP contribution in [0.25, 0.3) is 11.3 Å². The van der Waals surface area contributed by atoms with E-state index in [1.807, 2.05) is 6.07 Å². The fraction of sp³-hybridized carbons (Fsp3) is 0. The van der Waals surface area contributed by atoms with Crippen molar-refractivity contribution in [3.63, 3.8) is 0 Å². The van der Waals surface area contributed by atoms with E-state index in [0.29, 0.717) is 32.8 Å². The number of furan rings is 1. The van der Waals surface area contributed by atoms with Crippen LogP contribution in [0.15, 0.2) is 64.1 Å². The number of nitrogens with one attached hydrogen (secondary N) is 1. The first kappa shape index (κ1) is 17.0. The molecule has 1 heterocycles. The molecule has 1 N–H and O–H groups in total. The number of nitro groups is 1. The monoisotopic (exact) mass is 375 g/mol. The zero-order chi connectivity index (χ0) is 17.8. The average molecular weight is 376 g/mol. The maximum absolute atomic E-state index is 10.6. The maximum Gasteiger partial charge on any atom is 0.269 e. The Balaban J connectivity index is 1.70. The molecule has 0 atom stereocenters. The molecule has 6 nitrogen and oxygen atoms in total. The summed E-state index contributed by atoms with van der Waals surface area (Å²) in [6, 6.07) is 14.7. The molecule has 0 fully saturated rings. The van der Waals surface area contributed by atoms with Crippen molar-refractivity contribution < 1.29 is 9.34 Å². The van der Waals surface area contributed by atoms with Crippen molar-refractivity contribution in [1.29, 1.82) is 0 Å². The second-order valence-electron chi connectivity index (χ2n) is 4.98. The summed E-state index contributed by atoms with van der Waals surface area (Å²) in [5.41, 5.74) is 4.09. The highest BCUT2D eigenvalue weighted by atomic mass is 35.5. The lowest BCUT2D eigenvalue weighted by Crippen LogP contribution is -1.91. The Kier molecular flexibility index (Phi) is 5.02. The lowest BCUT2D eigenvalue weighted by Gasteiger charge is -2.02. The quantitative estimate of drug-likeness (QED) is 0.357. The van der Waals surface area contributed by atoms with E-state index in [0.717, 1.165) is 0 Å². The molecule has 0 saturated heterocycles. The number of anilines is 1. The van der Waals surface area contributed by atoms with Gasteiger partial charge in [-0.2, -0.15) is 5.10 Å². The molecule has 3 aromatic rings. The van der Waals surface area contributed by atoms with Gasteiger partial charge < -0.3 is 4.42 Å². The average Bonchev–Trinajstić information content (AvgIpc) is 3.06. The Bertz CT molecular complexity index is 937. The molecule has 3 rings (SSSR count). The molecule has 0 radical (unpaired) electrons. The maximum atomic E-state index is 10.6. The second kappa shape index (κ2) is 7.38. The summed E-state index contributed by atoms with van der Waals surface area (Å²) in [7, 11) is 0. The Morgan fingerprint density at radius 1 is 1.08 bits per heavy atom. The lowest BCUT2D eigenvalue weighted by molar-refractivity contribution is -0.384. The van der Waals surface area contributed by atoms with E-state index in [4.69, 9.17) is 27.6 Å². The van der Waals surface area contributed by atoms with E-state index in [9.17, 15) is 10.1 Å². The smallest absolute Gasteiger partial charge is 0.269 e. The van der Waals surface area contributed by atoms with Gasteiger partial charge in [-0.05, 0) is 36.4 Å². The molecule has 2 aromatic carbocycles. The van der Waals surface area contributed by atoms with Crippen LogP contribution in [0.4, 0.5) is 11.4 Å². The summed E-state index contributed by atoms with van der Waals surface area (Å²) >= 11 is 12.2. The number of halogens is 2. The molecule has 0 saturated carbocycles. The highest BCUT2D eigenvalue weighted by Gasteiger charge is 2.10. The minimum atomic E-state index is -0.460. The normalized spacial score (nSPS) is 11.0. The topological polar surface area (TPSA) is 80.7 Å². The number of rotatable bonds is 5. The summed E-state index contributed by atoms with van der Waals surface area (Å²) in [5, 5.41) is 15.5. The highest BCUT2D eigenvalue weighted by molar-refractivity contribution is 6.43. The summed E-state index contributed by atoms with van der Waals surface area (Å²) in [6.45, 7) is 0. The minimum Gasteiger partial charge on any atom is -0.455 e. The van der Waals surface area contributed by atoms with Crippen LogP contribution in [0, 0.1) is 10.1 Å². The van der Waals surface area contributed by atoms with E-state index in [2.05, 4.69) is 10.5 Å². The molecule has 0 aliphatic carbocycles. The van der Waals surface area contributed by atoms with Crippen LogP contribution in [0.5, 0.6) is 0 Å². The molecule has 25 heavy (non-hydrogen) atoms. The summed E-state index contributed by atoms with van der Waals surface area (Å²) < 4.78 is 5.67. The van der Waals surface area contributed by atoms with Crippen LogP contribution in [-0.4, -0.2) is 11.1 Å². The summed E-state index contributed by atoms with van der Waals surface area (Å²) in [6.07, 6.45) is 1.49. The number of hydrogen-bond donors (Lipinski definition) is 1. The number of nitrogens with zero attached hydrogens (tertiary/aromatic N) is 2. The summed E-state index contributed by atoms with van der Waals surface area (Å²) in [5.74, 6) is 1.09. The van der Waals surface area contributed by atoms with E-state index >= 15 is 0 Å². The SMILES string of the molecule is O=[N+]([O-])c1ccc(N/N=C/c2ccc(-c3cccc(Cl)c3Cl)o2)cc1. The zero-order valence-electron chi connectivity index (χ0n) is 12.6. The van der Waals surface area contributed by atoms with Crippen LogP contribution < -0.4 is 5.43 Å². The molecule has 0 amide bonds. The Morgan fingerprint density at radius 3 is 2.56 bits per heavy atom. The third kappa shape index (κ3) is 3.99. The van der Waals surface area contributed by atoms with E-state index < -0.39 is 4.92 Å². The molecule has 8 heteroatoms. The van der Waals surface area contributed by atoms with Crippen LogP contribution in [-0.2, 0) is 0 Å². The number of benzene rings is 2. The van der Waals surface area contributed by atoms with Crippen molar-refractivity contribution in [3.05, 3.63) is 80.5 Å². The number of non-ortho nitro benzene ring substituents is 1. The van der Waals surface area contributed by atoms with Crippen LogP contribution in [0.2, 0.25) is 10.0 Å². The lowest BCUT2D eigenvalue weighted by atomic mass is 10.2. The Labute approximate surface area is 152 Å². The van der Waals surface area contributed by atoms with E-state index in [-0.39, 0.29) is 5.69 Å². The molecule has 0 aliphatic heterocycles. The van der Waals surface area contributed by atoms with Crippen molar-refractivity contribution >= 4 is 40.8 Å². The standard InChI is InChI=1S/C17H11Cl2N3O3/c18-15-3-1-2-14(17(15)19)16-9-8-13(25-16)10-20-21-11-4-6-12(7-5-11)22(23)24/h1-10,21H/b20-10+. The minimum absolute atomic E-state index is 0.0172. The van der Waals surface area contributed by atoms with Gasteiger partial charge in [0.2, 0.25) is 0 Å². The molecular weight excluding hydrogens is 365 g/mol. The molecule has 0 spiro atoms. The van der Waals surface area contributed by atoms with Gasteiger partial charge in [-0.1, -0.05) is 29.3 Å². The second-order valence-corrected chi connectivity index (χ2v) is 5.76. The predicted molar refractivity (Wildman–Crippen MR) is 98.5 cm³/mol. The van der Waals surface area contributed by atoms with Crippen molar-refractivity contribution in [3.8, 4) is 11.3 Å². The van der Waals surface area contributed by atoms with Crippen molar-refractivity contribution in [2.45, 2.75) is 0 Å². The Hall–Kier alpha value is -2.83. The fourth-order valence-electron chi connectivity index (χ4n) is 2.09. The Morgan fingerprint density at radius 2 is 1.84 bits per heavy atom. The molecule has 1 aromatic heterocycles. The summed E-state index contributed by atoms with van der Waals surface area (Å²) in [4.78, 5) is 10.1. The fourth-order valence-corrected chi connectivity index (χ4v) is 2.48. The molecule has 0 aliphatic rings. The van der Waals surface area contributed by atoms with Crippen molar-refractivity contribution in [1.82, 2.24) is 0 Å². The van der Waals surface area contributed by atoms with Gasteiger partial charge in [-0.3, -0.25) is 15.5 Å². The van der Waals surface area contributed by atoms with E-state index in [1.165, 1.54) is 18.3 Å². The van der Waals surface area contributed by atoms with Gasteiger partial charge in [0, 0.05) is 17.7 Å². The van der Waals surface area contributed by atoms with Gasteiger partial charge in [0.25, 0.3) is 5.69 Å². The number of nitro benzene ring substituents is 1. The molecular formula is C17H11Cl2N3O3. The van der Waals surface area contributed by atoms with E-state index in [1.54, 1.807) is 36.4 Å². The van der Waals surface area contributed by atoms with Gasteiger partial charge in [-0.15, -0.1) is 0 Å². The first-order valence-corrected chi connectivity index (χ1v) is 7.88. The molecule has 0 unspecified atom stereocenters. The zero-order valence-corrected chi connectivity index (χ0v) is 14.2. The molecule has 126 valence electrons. The largest absolute Gasteiger partial charge is 0.455 e. The first-order valence-electron chi connectivity index (χ1n) is 7.12. The van der Waals surface area contributed by atoms with Gasteiger partial charge in [0.15, 0.2) is 0 Å². The number of hydrazone groups is 1. The predicted octanol–water partition coefficient (Wildman–Crippen LogP) is 5.61. The van der Waals surface area contributed by atoms with Crippen LogP contribution in [0.3, 0.4) is 0 Å². The van der Waals surface area contributed by atoms with Crippen LogP contribution in [0.1, 0.15) is 5.76 Å². The highest BCUT2D eigenvalue weighted by Crippen LogP contribution is 2.34. The van der Waals surface area contributed by atoms with Gasteiger partial charge in [-0.25, -0.2) is 0 Å². The van der Waals surface area contributed by atoms with Crippen molar-refractivity contribution in [2.24, 2.45) is 5.10 Å². The van der Waals surface area contributed by atoms with Crippen molar-refractivity contribution in [2.75, 3.05) is 5.43 Å². The van der Waals surface area contributed by atoms with Gasteiger partial charge in [0.1, 0.15) is 11.5 Å². The van der Waals surface area contributed by atoms with Gasteiger partial charge >= 0.3 is 0 Å².